The van der Waals surface area contributed by atoms with E-state index in [0.717, 1.165) is 18.4 Å². The van der Waals surface area contributed by atoms with Crippen LogP contribution in [-0.2, 0) is 0 Å². The maximum Gasteiger partial charge on any atom is 0.0940 e. The van der Waals surface area contributed by atoms with Gasteiger partial charge in [-0.25, -0.2) is 0 Å². The Hall–Kier alpha value is -1.93. The fraction of sp³-hybridized carbons (Fsp3) is 0.278. The molecule has 3 rings (SSSR count). The molecule has 2 nitrogen and oxygen atoms in total. The summed E-state index contributed by atoms with van der Waals surface area (Å²) < 4.78 is 0. The first kappa shape index (κ1) is 13.1. The van der Waals surface area contributed by atoms with Crippen LogP contribution >= 0.6 is 0 Å². The van der Waals surface area contributed by atoms with E-state index in [2.05, 4.69) is 36.4 Å². The molecule has 0 spiro atoms. The summed E-state index contributed by atoms with van der Waals surface area (Å²) in [4.78, 5) is 4.92. The van der Waals surface area contributed by atoms with E-state index in [1.807, 2.05) is 24.3 Å². The molecule has 2 N–H and O–H groups in total. The van der Waals surface area contributed by atoms with Crippen molar-refractivity contribution in [3.05, 3.63) is 71.8 Å². The third-order valence-corrected chi connectivity index (χ3v) is 3.92. The SMILES string of the molecule is N[C@@H](c1ccccc1)[C@@H](N=C1CCC1)c1ccccc1. The van der Waals surface area contributed by atoms with E-state index in [1.54, 1.807) is 0 Å². The highest BCUT2D eigenvalue weighted by atomic mass is 14.9. The average molecular weight is 264 g/mol. The van der Waals surface area contributed by atoms with Crippen molar-refractivity contribution >= 4 is 5.71 Å². The normalized spacial score (nSPS) is 17.1. The Bertz CT molecular complexity index is 569. The minimum absolute atomic E-state index is 0.0221. The van der Waals surface area contributed by atoms with Crippen molar-refractivity contribution in [2.45, 2.75) is 31.3 Å². The third kappa shape index (κ3) is 2.81. The maximum atomic E-state index is 6.49. The Morgan fingerprint density at radius 2 is 1.35 bits per heavy atom. The van der Waals surface area contributed by atoms with Crippen LogP contribution in [0.15, 0.2) is 65.7 Å². The predicted octanol–water partition coefficient (Wildman–Crippen LogP) is 4.05. The number of nitrogens with two attached hydrogens (primary N) is 1. The molecule has 102 valence electrons. The van der Waals surface area contributed by atoms with Gasteiger partial charge in [0.25, 0.3) is 0 Å². The molecule has 1 aliphatic rings. The largest absolute Gasteiger partial charge is 0.322 e. The van der Waals surface area contributed by atoms with Crippen molar-refractivity contribution in [2.75, 3.05) is 0 Å². The van der Waals surface area contributed by atoms with E-state index in [0.29, 0.717) is 0 Å². The topological polar surface area (TPSA) is 38.4 Å². The second-order valence-corrected chi connectivity index (χ2v) is 5.34. The molecule has 2 heteroatoms. The molecule has 0 aromatic heterocycles. The van der Waals surface area contributed by atoms with Crippen LogP contribution in [-0.4, -0.2) is 5.71 Å². The molecule has 20 heavy (non-hydrogen) atoms. The van der Waals surface area contributed by atoms with Crippen molar-refractivity contribution < 1.29 is 0 Å². The van der Waals surface area contributed by atoms with Gasteiger partial charge in [0.1, 0.15) is 0 Å². The summed E-state index contributed by atoms with van der Waals surface area (Å²) >= 11 is 0. The van der Waals surface area contributed by atoms with Crippen LogP contribution in [0.4, 0.5) is 0 Å². The van der Waals surface area contributed by atoms with E-state index < -0.39 is 0 Å². The summed E-state index contributed by atoms with van der Waals surface area (Å²) in [7, 11) is 0. The van der Waals surface area contributed by atoms with Gasteiger partial charge in [0.15, 0.2) is 0 Å². The zero-order chi connectivity index (χ0) is 13.8. The first-order valence-electron chi connectivity index (χ1n) is 7.25. The van der Waals surface area contributed by atoms with Crippen molar-refractivity contribution in [1.29, 1.82) is 0 Å². The molecule has 2 atom stereocenters. The quantitative estimate of drug-likeness (QED) is 0.888. The summed E-state index contributed by atoms with van der Waals surface area (Å²) in [6.07, 6.45) is 3.52. The van der Waals surface area contributed by atoms with Gasteiger partial charge < -0.3 is 5.73 Å². The molecular weight excluding hydrogens is 244 g/mol. The number of hydrogen-bond donors (Lipinski definition) is 1. The van der Waals surface area contributed by atoms with Crippen LogP contribution in [0.25, 0.3) is 0 Å². The van der Waals surface area contributed by atoms with E-state index in [4.69, 9.17) is 10.7 Å². The Morgan fingerprint density at radius 1 is 0.800 bits per heavy atom. The highest BCUT2D eigenvalue weighted by Crippen LogP contribution is 2.32. The van der Waals surface area contributed by atoms with E-state index in [-0.39, 0.29) is 12.1 Å². The van der Waals surface area contributed by atoms with Crippen molar-refractivity contribution in [3.63, 3.8) is 0 Å². The van der Waals surface area contributed by atoms with Crippen LogP contribution in [0, 0.1) is 0 Å². The van der Waals surface area contributed by atoms with Crippen LogP contribution in [0.1, 0.15) is 42.5 Å². The fourth-order valence-electron chi connectivity index (χ4n) is 2.53. The molecule has 2 aromatic carbocycles. The highest BCUT2D eigenvalue weighted by Gasteiger charge is 2.22. The number of benzene rings is 2. The minimum atomic E-state index is -0.0910. The lowest BCUT2D eigenvalue weighted by molar-refractivity contribution is 0.568. The third-order valence-electron chi connectivity index (χ3n) is 3.92. The number of rotatable bonds is 4. The zero-order valence-corrected chi connectivity index (χ0v) is 11.6. The second kappa shape index (κ2) is 6.02. The van der Waals surface area contributed by atoms with Gasteiger partial charge in [0.2, 0.25) is 0 Å². The molecule has 2 aromatic rings. The smallest absolute Gasteiger partial charge is 0.0940 e. The highest BCUT2D eigenvalue weighted by molar-refractivity contribution is 5.89. The molecule has 0 unspecified atom stereocenters. The molecule has 0 saturated heterocycles. The van der Waals surface area contributed by atoms with Gasteiger partial charge >= 0.3 is 0 Å². The molecule has 0 amide bonds. The van der Waals surface area contributed by atoms with E-state index >= 15 is 0 Å². The average Bonchev–Trinajstić information content (AvgIpc) is 2.47. The zero-order valence-electron chi connectivity index (χ0n) is 11.6. The molecular formula is C18H20N2. The lowest BCUT2D eigenvalue weighted by Crippen LogP contribution is -2.21. The Balaban J connectivity index is 1.93. The molecule has 1 fully saturated rings. The molecule has 0 aliphatic heterocycles. The monoisotopic (exact) mass is 264 g/mol. The molecule has 0 radical (unpaired) electrons. The van der Waals surface area contributed by atoms with E-state index in [1.165, 1.54) is 17.7 Å². The number of hydrogen-bond acceptors (Lipinski definition) is 2. The standard InChI is InChI=1S/C18H20N2/c19-17(14-8-3-1-4-9-14)18(20-16-12-7-13-16)15-10-5-2-6-11-15/h1-6,8-11,17-18H,7,12-13,19H2/t17-,18-/m0/s1. The summed E-state index contributed by atoms with van der Waals surface area (Å²) in [5, 5.41) is 0. The Morgan fingerprint density at radius 3 is 1.85 bits per heavy atom. The molecule has 0 bridgehead atoms. The van der Waals surface area contributed by atoms with Gasteiger partial charge in [-0.2, -0.15) is 0 Å². The minimum Gasteiger partial charge on any atom is -0.322 e. The van der Waals surface area contributed by atoms with Crippen molar-refractivity contribution in [1.82, 2.24) is 0 Å². The van der Waals surface area contributed by atoms with Gasteiger partial charge in [0, 0.05) is 5.71 Å². The van der Waals surface area contributed by atoms with Crippen LogP contribution in [0.2, 0.25) is 0 Å². The lowest BCUT2D eigenvalue weighted by Gasteiger charge is -2.25. The second-order valence-electron chi connectivity index (χ2n) is 5.34. The van der Waals surface area contributed by atoms with Gasteiger partial charge in [-0.15, -0.1) is 0 Å². The summed E-state index contributed by atoms with van der Waals surface area (Å²) in [6, 6.07) is 20.6. The van der Waals surface area contributed by atoms with Crippen LogP contribution in [0.3, 0.4) is 0 Å². The van der Waals surface area contributed by atoms with Gasteiger partial charge in [-0.1, -0.05) is 60.7 Å². The predicted molar refractivity (Wildman–Crippen MR) is 83.8 cm³/mol. The molecule has 1 aliphatic carbocycles. The first-order chi connectivity index (χ1) is 9.84. The lowest BCUT2D eigenvalue weighted by atomic mass is 9.92. The van der Waals surface area contributed by atoms with Gasteiger partial charge in [-0.3, -0.25) is 4.99 Å². The summed E-state index contributed by atoms with van der Waals surface area (Å²) in [6.45, 7) is 0. The summed E-state index contributed by atoms with van der Waals surface area (Å²) in [5.41, 5.74) is 10.1. The molecule has 0 heterocycles. The summed E-state index contributed by atoms with van der Waals surface area (Å²) in [5.74, 6) is 0. The number of nitrogens with zero attached hydrogens (tertiary/aromatic N) is 1. The van der Waals surface area contributed by atoms with Crippen LogP contribution < -0.4 is 5.73 Å². The Labute approximate surface area is 120 Å². The fourth-order valence-corrected chi connectivity index (χ4v) is 2.53. The Kier molecular flexibility index (Phi) is 3.93. The maximum absolute atomic E-state index is 6.49. The van der Waals surface area contributed by atoms with Gasteiger partial charge in [0.05, 0.1) is 12.1 Å². The molecule has 1 saturated carbocycles. The van der Waals surface area contributed by atoms with Gasteiger partial charge in [-0.05, 0) is 30.4 Å². The van der Waals surface area contributed by atoms with Crippen LogP contribution in [0.5, 0.6) is 0 Å². The van der Waals surface area contributed by atoms with E-state index in [9.17, 15) is 0 Å². The first-order valence-corrected chi connectivity index (χ1v) is 7.25. The van der Waals surface area contributed by atoms with Crippen molar-refractivity contribution in [3.8, 4) is 0 Å². The van der Waals surface area contributed by atoms with Crippen molar-refractivity contribution in [2.24, 2.45) is 10.7 Å². The number of aliphatic imine (C=N–C) groups is 1.